The zero-order valence-electron chi connectivity index (χ0n) is 14.9. The minimum Gasteiger partial charge on any atom is -0.486 e. The highest BCUT2D eigenvalue weighted by atomic mass is 19.4. The highest BCUT2D eigenvalue weighted by Crippen LogP contribution is 2.34. The minimum atomic E-state index is -4.29. The molecule has 144 valence electrons. The lowest BCUT2D eigenvalue weighted by Gasteiger charge is -2.36. The van der Waals surface area contributed by atoms with Gasteiger partial charge < -0.3 is 9.47 Å². The van der Waals surface area contributed by atoms with Crippen LogP contribution in [0.1, 0.15) is 29.9 Å². The van der Waals surface area contributed by atoms with E-state index in [4.69, 9.17) is 9.47 Å². The van der Waals surface area contributed by atoms with Gasteiger partial charge in [-0.15, -0.1) is 0 Å². The first-order valence-corrected chi connectivity index (χ1v) is 9.27. The molecule has 0 N–H and O–H groups in total. The van der Waals surface area contributed by atoms with Gasteiger partial charge in [0.2, 0.25) is 0 Å². The molecule has 2 aromatic carbocycles. The van der Waals surface area contributed by atoms with Crippen LogP contribution in [0.5, 0.6) is 11.5 Å². The second-order valence-electron chi connectivity index (χ2n) is 7.22. The molecule has 0 amide bonds. The van der Waals surface area contributed by atoms with Crippen molar-refractivity contribution in [3.8, 4) is 11.5 Å². The van der Waals surface area contributed by atoms with Crippen molar-refractivity contribution in [2.45, 2.75) is 31.0 Å². The molecular weight excluding hydrogens is 355 g/mol. The number of ether oxygens (including phenoxy) is 2. The second-order valence-corrected chi connectivity index (χ2v) is 7.22. The number of benzene rings is 2. The molecule has 0 aliphatic carbocycles. The normalized spacial score (nSPS) is 23.2. The Morgan fingerprint density at radius 3 is 2.48 bits per heavy atom. The topological polar surface area (TPSA) is 21.7 Å². The first kappa shape index (κ1) is 18.2. The third-order valence-electron chi connectivity index (χ3n) is 5.24. The summed E-state index contributed by atoms with van der Waals surface area (Å²) < 4.78 is 50.1. The van der Waals surface area contributed by atoms with Crippen molar-refractivity contribution in [3.63, 3.8) is 0 Å². The largest absolute Gasteiger partial charge is 0.486 e. The average Bonchev–Trinajstić information content (AvgIpc) is 2.68. The van der Waals surface area contributed by atoms with Gasteiger partial charge in [0, 0.05) is 13.1 Å². The average molecular weight is 377 g/mol. The van der Waals surface area contributed by atoms with Crippen LogP contribution in [0.3, 0.4) is 0 Å². The highest BCUT2D eigenvalue weighted by molar-refractivity contribution is 5.40. The number of para-hydroxylation sites is 2. The Kier molecular flexibility index (Phi) is 5.00. The van der Waals surface area contributed by atoms with Crippen LogP contribution in [0.4, 0.5) is 13.2 Å². The first-order chi connectivity index (χ1) is 13.0. The zero-order valence-corrected chi connectivity index (χ0v) is 14.9. The van der Waals surface area contributed by atoms with Crippen LogP contribution in [0.15, 0.2) is 48.5 Å². The molecule has 0 saturated carbocycles. The van der Waals surface area contributed by atoms with Crippen LogP contribution >= 0.6 is 0 Å². The summed E-state index contributed by atoms with van der Waals surface area (Å²) >= 11 is 0. The van der Waals surface area contributed by atoms with E-state index in [1.165, 1.54) is 12.1 Å². The summed E-state index contributed by atoms with van der Waals surface area (Å²) in [6.45, 7) is 3.06. The lowest BCUT2D eigenvalue weighted by Crippen LogP contribution is -2.44. The lowest BCUT2D eigenvalue weighted by molar-refractivity contribution is -0.137. The van der Waals surface area contributed by atoms with Gasteiger partial charge >= 0.3 is 6.18 Å². The molecule has 0 radical (unpaired) electrons. The Hall–Kier alpha value is -2.21. The summed E-state index contributed by atoms with van der Waals surface area (Å²) in [5.74, 6) is 1.79. The van der Waals surface area contributed by atoms with Crippen LogP contribution in [-0.4, -0.2) is 37.2 Å². The molecule has 1 fully saturated rings. The van der Waals surface area contributed by atoms with Crippen LogP contribution in [0.25, 0.3) is 0 Å². The Morgan fingerprint density at radius 2 is 1.74 bits per heavy atom. The molecule has 0 unspecified atom stereocenters. The van der Waals surface area contributed by atoms with Crippen LogP contribution in [-0.2, 0) is 6.18 Å². The quantitative estimate of drug-likeness (QED) is 0.772. The van der Waals surface area contributed by atoms with E-state index in [2.05, 4.69) is 4.90 Å². The zero-order chi connectivity index (χ0) is 18.9. The number of piperidine rings is 1. The van der Waals surface area contributed by atoms with Crippen molar-refractivity contribution >= 4 is 0 Å². The number of fused-ring (bicyclic) bond motifs is 1. The number of rotatable bonds is 3. The number of hydrogen-bond acceptors (Lipinski definition) is 3. The van der Waals surface area contributed by atoms with Crippen LogP contribution in [0.2, 0.25) is 0 Å². The maximum atomic E-state index is 12.8. The highest BCUT2D eigenvalue weighted by Gasteiger charge is 2.31. The molecule has 3 nitrogen and oxygen atoms in total. The van der Waals surface area contributed by atoms with Crippen LogP contribution < -0.4 is 9.47 Å². The molecule has 1 saturated heterocycles. The van der Waals surface area contributed by atoms with Crippen molar-refractivity contribution in [1.29, 1.82) is 0 Å². The number of nitrogens with zero attached hydrogens (tertiary/aromatic N) is 1. The fourth-order valence-corrected chi connectivity index (χ4v) is 3.88. The molecule has 2 aliphatic rings. The van der Waals surface area contributed by atoms with Gasteiger partial charge in [-0.05, 0) is 55.1 Å². The van der Waals surface area contributed by atoms with E-state index in [1.54, 1.807) is 12.1 Å². The monoisotopic (exact) mass is 377 g/mol. The number of hydrogen-bond donors (Lipinski definition) is 0. The Bertz CT molecular complexity index is 776. The summed E-state index contributed by atoms with van der Waals surface area (Å²) in [5, 5.41) is 0. The Labute approximate surface area is 156 Å². The van der Waals surface area contributed by atoms with Gasteiger partial charge in [-0.2, -0.15) is 13.2 Å². The summed E-state index contributed by atoms with van der Waals surface area (Å²) in [6.07, 6.45) is -2.31. The van der Waals surface area contributed by atoms with Crippen molar-refractivity contribution in [2.24, 2.45) is 0 Å². The molecule has 27 heavy (non-hydrogen) atoms. The maximum Gasteiger partial charge on any atom is 0.416 e. The number of halogens is 3. The van der Waals surface area contributed by atoms with Gasteiger partial charge in [0.15, 0.2) is 11.5 Å². The van der Waals surface area contributed by atoms with Crippen molar-refractivity contribution in [1.82, 2.24) is 4.90 Å². The van der Waals surface area contributed by atoms with Crippen molar-refractivity contribution in [2.75, 3.05) is 26.2 Å². The summed E-state index contributed by atoms with van der Waals surface area (Å²) in [7, 11) is 0. The van der Waals surface area contributed by atoms with Crippen molar-refractivity contribution in [3.05, 3.63) is 59.7 Å². The molecule has 6 heteroatoms. The fourth-order valence-electron chi connectivity index (χ4n) is 3.88. The second kappa shape index (κ2) is 7.43. The molecule has 2 aromatic rings. The van der Waals surface area contributed by atoms with E-state index >= 15 is 0 Å². The molecule has 2 atom stereocenters. The predicted molar refractivity (Wildman–Crippen MR) is 96.2 cm³/mol. The SMILES string of the molecule is FC(F)(F)c1ccc([C@@H]2CCCN(C[C@H]3COc4ccccc4O3)C2)cc1. The summed E-state index contributed by atoms with van der Waals surface area (Å²) in [4.78, 5) is 2.33. The van der Waals surface area contributed by atoms with Gasteiger partial charge in [0.05, 0.1) is 5.56 Å². The molecule has 0 aromatic heterocycles. The summed E-state index contributed by atoms with van der Waals surface area (Å²) in [5.41, 5.74) is 0.379. The van der Waals surface area contributed by atoms with Gasteiger partial charge in [-0.25, -0.2) is 0 Å². The smallest absolute Gasteiger partial charge is 0.416 e. The van der Waals surface area contributed by atoms with Gasteiger partial charge in [-0.1, -0.05) is 24.3 Å². The maximum absolute atomic E-state index is 12.8. The molecule has 0 spiro atoms. The van der Waals surface area contributed by atoms with E-state index in [-0.39, 0.29) is 12.0 Å². The van der Waals surface area contributed by atoms with E-state index in [0.717, 1.165) is 49.5 Å². The third kappa shape index (κ3) is 4.21. The number of alkyl halides is 3. The number of likely N-dealkylation sites (tertiary alicyclic amines) is 1. The van der Waals surface area contributed by atoms with E-state index < -0.39 is 11.7 Å². The minimum absolute atomic E-state index is 0.0359. The van der Waals surface area contributed by atoms with E-state index in [0.29, 0.717) is 6.61 Å². The fraction of sp³-hybridized carbons (Fsp3) is 0.429. The summed E-state index contributed by atoms with van der Waals surface area (Å²) in [6, 6.07) is 13.2. The predicted octanol–water partition coefficient (Wildman–Crippen LogP) is 4.72. The Morgan fingerprint density at radius 1 is 1.00 bits per heavy atom. The third-order valence-corrected chi connectivity index (χ3v) is 5.24. The van der Waals surface area contributed by atoms with E-state index in [1.807, 2.05) is 24.3 Å². The molecular formula is C21H22F3NO2. The lowest BCUT2D eigenvalue weighted by atomic mass is 9.90. The first-order valence-electron chi connectivity index (χ1n) is 9.27. The van der Waals surface area contributed by atoms with E-state index in [9.17, 15) is 13.2 Å². The van der Waals surface area contributed by atoms with Crippen LogP contribution in [0, 0.1) is 0 Å². The molecule has 0 bridgehead atoms. The van der Waals surface area contributed by atoms with Gasteiger partial charge in [-0.3, -0.25) is 4.90 Å². The standard InChI is InChI=1S/C21H22F3NO2/c22-21(23,24)17-9-7-15(8-10-17)16-4-3-11-25(12-16)13-18-14-26-19-5-1-2-6-20(19)27-18/h1-2,5-10,16,18H,3-4,11-14H2/t16-,18+/m1/s1. The molecule has 2 aliphatic heterocycles. The molecule has 2 heterocycles. The molecule has 4 rings (SSSR count). The Balaban J connectivity index is 1.37. The van der Waals surface area contributed by atoms with Gasteiger partial charge in [0.25, 0.3) is 0 Å². The van der Waals surface area contributed by atoms with Crippen molar-refractivity contribution < 1.29 is 22.6 Å². The van der Waals surface area contributed by atoms with Gasteiger partial charge in [0.1, 0.15) is 12.7 Å².